The summed E-state index contributed by atoms with van der Waals surface area (Å²) < 4.78 is 1.18. The number of hydrogen-bond donors (Lipinski definition) is 1. The van der Waals surface area contributed by atoms with Crippen molar-refractivity contribution in [3.63, 3.8) is 0 Å². The van der Waals surface area contributed by atoms with Gasteiger partial charge < -0.3 is 4.98 Å². The van der Waals surface area contributed by atoms with E-state index in [1.54, 1.807) is 0 Å². The average Bonchev–Trinajstić information content (AvgIpc) is 2.74. The molecule has 0 atom stereocenters. The van der Waals surface area contributed by atoms with Gasteiger partial charge in [0.15, 0.2) is 0 Å². The number of benzene rings is 1. The summed E-state index contributed by atoms with van der Waals surface area (Å²) in [5, 5.41) is 1.29. The summed E-state index contributed by atoms with van der Waals surface area (Å²) in [4.78, 5) is 6.06. The minimum Gasteiger partial charge on any atom is -0.357 e. The molecule has 0 saturated carbocycles. The lowest BCUT2D eigenvalue weighted by Gasteiger charge is -2.25. The Morgan fingerprint density at radius 2 is 2.00 bits per heavy atom. The summed E-state index contributed by atoms with van der Waals surface area (Å²) >= 11 is 3.60. The van der Waals surface area contributed by atoms with Crippen molar-refractivity contribution in [1.82, 2.24) is 9.88 Å². The first-order chi connectivity index (χ1) is 8.33. The SMILES string of the molecule is Brc1cccc2[nH]c(CN3CCCCC3)cc12. The van der Waals surface area contributed by atoms with Crippen LogP contribution in [-0.4, -0.2) is 23.0 Å². The number of rotatable bonds is 2. The van der Waals surface area contributed by atoms with E-state index in [4.69, 9.17) is 0 Å². The molecular weight excluding hydrogens is 276 g/mol. The maximum atomic E-state index is 3.60. The highest BCUT2D eigenvalue weighted by molar-refractivity contribution is 9.10. The fourth-order valence-electron chi connectivity index (χ4n) is 2.62. The first kappa shape index (κ1) is 11.3. The second kappa shape index (κ2) is 4.83. The summed E-state index contributed by atoms with van der Waals surface area (Å²) in [5.41, 5.74) is 2.56. The van der Waals surface area contributed by atoms with Crippen LogP contribution in [0, 0.1) is 0 Å². The van der Waals surface area contributed by atoms with Crippen molar-refractivity contribution in [2.45, 2.75) is 25.8 Å². The van der Waals surface area contributed by atoms with Gasteiger partial charge in [-0.2, -0.15) is 0 Å². The van der Waals surface area contributed by atoms with E-state index in [1.807, 2.05) is 0 Å². The van der Waals surface area contributed by atoms with Gasteiger partial charge in [0.25, 0.3) is 0 Å². The standard InChI is InChI=1S/C14H17BrN2/c15-13-5-4-6-14-12(13)9-11(16-14)10-17-7-2-1-3-8-17/h4-6,9,16H,1-3,7-8,10H2. The zero-order valence-electron chi connectivity index (χ0n) is 9.88. The zero-order valence-corrected chi connectivity index (χ0v) is 11.5. The largest absolute Gasteiger partial charge is 0.357 e. The van der Waals surface area contributed by atoms with Crippen LogP contribution in [0.2, 0.25) is 0 Å². The molecule has 0 spiro atoms. The smallest absolute Gasteiger partial charge is 0.0467 e. The number of likely N-dealkylation sites (tertiary alicyclic amines) is 1. The fourth-order valence-corrected chi connectivity index (χ4v) is 3.10. The first-order valence-electron chi connectivity index (χ1n) is 6.31. The highest BCUT2D eigenvalue weighted by Crippen LogP contribution is 2.25. The average molecular weight is 293 g/mol. The van der Waals surface area contributed by atoms with Gasteiger partial charge in [-0.1, -0.05) is 28.4 Å². The third kappa shape index (κ3) is 2.40. The molecule has 0 bridgehead atoms. The maximum Gasteiger partial charge on any atom is 0.0467 e. The van der Waals surface area contributed by atoms with Crippen molar-refractivity contribution in [2.24, 2.45) is 0 Å². The Balaban J connectivity index is 1.83. The van der Waals surface area contributed by atoms with E-state index in [0.29, 0.717) is 0 Å². The van der Waals surface area contributed by atoms with Crippen LogP contribution in [0.1, 0.15) is 25.0 Å². The van der Waals surface area contributed by atoms with Crippen LogP contribution in [0.3, 0.4) is 0 Å². The van der Waals surface area contributed by atoms with E-state index in [9.17, 15) is 0 Å². The van der Waals surface area contributed by atoms with E-state index in [0.717, 1.165) is 6.54 Å². The summed E-state index contributed by atoms with van der Waals surface area (Å²) in [6, 6.07) is 8.59. The fraction of sp³-hybridized carbons (Fsp3) is 0.429. The molecule has 1 aromatic heterocycles. The van der Waals surface area contributed by atoms with Crippen molar-refractivity contribution in [3.8, 4) is 0 Å². The van der Waals surface area contributed by atoms with E-state index in [-0.39, 0.29) is 0 Å². The maximum absolute atomic E-state index is 3.60. The number of piperidine rings is 1. The van der Waals surface area contributed by atoms with Crippen LogP contribution < -0.4 is 0 Å². The summed E-state index contributed by atoms with van der Waals surface area (Å²) in [6.45, 7) is 3.55. The summed E-state index contributed by atoms with van der Waals surface area (Å²) in [6.07, 6.45) is 4.10. The topological polar surface area (TPSA) is 19.0 Å². The molecule has 1 aliphatic rings. The minimum absolute atomic E-state index is 1.06. The Bertz CT molecular complexity index is 512. The molecule has 2 nitrogen and oxygen atoms in total. The molecule has 2 aromatic rings. The van der Waals surface area contributed by atoms with Gasteiger partial charge in [0.2, 0.25) is 0 Å². The van der Waals surface area contributed by atoms with Gasteiger partial charge in [0.1, 0.15) is 0 Å². The Labute approximate surface area is 110 Å². The molecule has 0 unspecified atom stereocenters. The second-order valence-electron chi connectivity index (χ2n) is 4.83. The van der Waals surface area contributed by atoms with Gasteiger partial charge >= 0.3 is 0 Å². The molecule has 90 valence electrons. The molecule has 1 N–H and O–H groups in total. The lowest BCUT2D eigenvalue weighted by Crippen LogP contribution is -2.29. The molecular formula is C14H17BrN2. The van der Waals surface area contributed by atoms with Crippen molar-refractivity contribution in [3.05, 3.63) is 34.4 Å². The van der Waals surface area contributed by atoms with Gasteiger partial charge in [-0.3, -0.25) is 4.90 Å². The Hall–Kier alpha value is -0.800. The van der Waals surface area contributed by atoms with E-state index in [2.05, 4.69) is 50.1 Å². The third-order valence-corrected chi connectivity index (χ3v) is 4.20. The van der Waals surface area contributed by atoms with Gasteiger partial charge in [-0.05, 0) is 44.1 Å². The zero-order chi connectivity index (χ0) is 11.7. The lowest BCUT2D eigenvalue weighted by atomic mass is 10.1. The number of fused-ring (bicyclic) bond motifs is 1. The van der Waals surface area contributed by atoms with E-state index in [1.165, 1.54) is 53.4 Å². The van der Waals surface area contributed by atoms with Crippen LogP contribution in [0.4, 0.5) is 0 Å². The highest BCUT2D eigenvalue weighted by atomic mass is 79.9. The molecule has 17 heavy (non-hydrogen) atoms. The quantitative estimate of drug-likeness (QED) is 0.889. The summed E-state index contributed by atoms with van der Waals surface area (Å²) in [7, 11) is 0. The number of aromatic amines is 1. The Morgan fingerprint density at radius 3 is 2.76 bits per heavy atom. The minimum atomic E-state index is 1.06. The van der Waals surface area contributed by atoms with Crippen LogP contribution >= 0.6 is 15.9 Å². The molecule has 0 amide bonds. The normalized spacial score (nSPS) is 17.7. The Kier molecular flexibility index (Phi) is 3.21. The van der Waals surface area contributed by atoms with Gasteiger partial charge in [0, 0.05) is 27.6 Å². The Morgan fingerprint density at radius 1 is 1.18 bits per heavy atom. The van der Waals surface area contributed by atoms with Crippen LogP contribution in [0.15, 0.2) is 28.7 Å². The number of hydrogen-bond acceptors (Lipinski definition) is 1. The molecule has 1 fully saturated rings. The predicted molar refractivity (Wildman–Crippen MR) is 75.1 cm³/mol. The van der Waals surface area contributed by atoms with E-state index < -0.39 is 0 Å². The third-order valence-electron chi connectivity index (χ3n) is 3.51. The van der Waals surface area contributed by atoms with Crippen LogP contribution in [0.5, 0.6) is 0 Å². The summed E-state index contributed by atoms with van der Waals surface area (Å²) in [5.74, 6) is 0. The van der Waals surface area contributed by atoms with Gasteiger partial charge in [0.05, 0.1) is 0 Å². The number of aromatic nitrogens is 1. The molecule has 3 rings (SSSR count). The van der Waals surface area contributed by atoms with Gasteiger partial charge in [-0.15, -0.1) is 0 Å². The van der Waals surface area contributed by atoms with Crippen LogP contribution in [0.25, 0.3) is 10.9 Å². The van der Waals surface area contributed by atoms with Crippen molar-refractivity contribution in [1.29, 1.82) is 0 Å². The number of halogens is 1. The molecule has 1 saturated heterocycles. The molecule has 3 heteroatoms. The van der Waals surface area contributed by atoms with Gasteiger partial charge in [-0.25, -0.2) is 0 Å². The molecule has 2 heterocycles. The predicted octanol–water partition coefficient (Wildman–Crippen LogP) is 3.92. The van der Waals surface area contributed by atoms with Crippen molar-refractivity contribution >= 4 is 26.8 Å². The van der Waals surface area contributed by atoms with Crippen LogP contribution in [-0.2, 0) is 6.54 Å². The number of nitrogens with one attached hydrogen (secondary N) is 1. The number of H-pyrrole nitrogens is 1. The molecule has 1 aromatic carbocycles. The van der Waals surface area contributed by atoms with Crippen molar-refractivity contribution < 1.29 is 0 Å². The van der Waals surface area contributed by atoms with Crippen molar-refractivity contribution in [2.75, 3.05) is 13.1 Å². The lowest BCUT2D eigenvalue weighted by molar-refractivity contribution is 0.219. The second-order valence-corrected chi connectivity index (χ2v) is 5.69. The monoisotopic (exact) mass is 292 g/mol. The highest BCUT2D eigenvalue weighted by Gasteiger charge is 2.12. The molecule has 0 radical (unpaired) electrons. The molecule has 0 aliphatic carbocycles. The number of nitrogens with zero attached hydrogens (tertiary/aromatic N) is 1. The van der Waals surface area contributed by atoms with E-state index >= 15 is 0 Å². The first-order valence-corrected chi connectivity index (χ1v) is 7.11. The molecule has 1 aliphatic heterocycles.